The van der Waals surface area contributed by atoms with Crippen LogP contribution in [0.2, 0.25) is 0 Å². The number of benzene rings is 1. The summed E-state index contributed by atoms with van der Waals surface area (Å²) in [6.07, 6.45) is 7.97. The Hall–Kier alpha value is -1.22. The van der Waals surface area contributed by atoms with Crippen molar-refractivity contribution in [3.05, 3.63) is 58.6 Å². The molecule has 0 saturated carbocycles. The summed E-state index contributed by atoms with van der Waals surface area (Å²) in [6, 6.07) is 10.5. The summed E-state index contributed by atoms with van der Waals surface area (Å²) >= 11 is 3.44. The number of hydrogen-bond acceptors (Lipinski definition) is 2. The maximum Gasteiger partial charge on any atom is 0.115 e. The van der Waals surface area contributed by atoms with Crippen molar-refractivity contribution in [1.82, 2.24) is 9.97 Å². The van der Waals surface area contributed by atoms with Crippen molar-refractivity contribution in [1.29, 1.82) is 0 Å². The molecular formula is C14H15BrN2. The normalized spacial score (nSPS) is 10.4. The molecule has 0 unspecified atom stereocenters. The van der Waals surface area contributed by atoms with Crippen LogP contribution in [-0.4, -0.2) is 9.97 Å². The predicted octanol–water partition coefficient (Wildman–Crippen LogP) is 3.80. The molecule has 2 aromatic rings. The van der Waals surface area contributed by atoms with Crippen LogP contribution in [0.4, 0.5) is 0 Å². The second-order valence-corrected chi connectivity index (χ2v) is 4.95. The van der Waals surface area contributed by atoms with Crippen LogP contribution in [0.3, 0.4) is 0 Å². The highest BCUT2D eigenvalue weighted by Gasteiger charge is 1.96. The van der Waals surface area contributed by atoms with Gasteiger partial charge in [-0.3, -0.25) is 0 Å². The van der Waals surface area contributed by atoms with Gasteiger partial charge in [0.2, 0.25) is 0 Å². The molecule has 88 valence electrons. The summed E-state index contributed by atoms with van der Waals surface area (Å²) < 4.78 is 1.14. The maximum absolute atomic E-state index is 4.22. The summed E-state index contributed by atoms with van der Waals surface area (Å²) in [6.45, 7) is 0. The molecule has 0 radical (unpaired) electrons. The van der Waals surface area contributed by atoms with E-state index in [1.807, 2.05) is 6.07 Å². The average Bonchev–Trinajstić information content (AvgIpc) is 2.38. The van der Waals surface area contributed by atoms with E-state index in [0.29, 0.717) is 0 Å². The number of rotatable bonds is 5. The molecule has 17 heavy (non-hydrogen) atoms. The van der Waals surface area contributed by atoms with Gasteiger partial charge in [-0.25, -0.2) is 9.97 Å². The fraction of sp³-hybridized carbons (Fsp3) is 0.286. The smallest absolute Gasteiger partial charge is 0.115 e. The maximum atomic E-state index is 4.22. The largest absolute Gasteiger partial charge is 0.245 e. The van der Waals surface area contributed by atoms with Gasteiger partial charge in [-0.2, -0.15) is 0 Å². The van der Waals surface area contributed by atoms with Crippen LogP contribution in [0.5, 0.6) is 0 Å². The molecule has 0 bridgehead atoms. The Balaban J connectivity index is 1.71. The average molecular weight is 291 g/mol. The topological polar surface area (TPSA) is 25.8 Å². The molecule has 0 amide bonds. The summed E-state index contributed by atoms with van der Waals surface area (Å²) in [7, 11) is 0. The zero-order valence-electron chi connectivity index (χ0n) is 9.64. The van der Waals surface area contributed by atoms with Crippen molar-refractivity contribution < 1.29 is 0 Å². The zero-order valence-corrected chi connectivity index (χ0v) is 11.2. The van der Waals surface area contributed by atoms with Crippen LogP contribution in [0.1, 0.15) is 24.1 Å². The van der Waals surface area contributed by atoms with Gasteiger partial charge >= 0.3 is 0 Å². The lowest BCUT2D eigenvalue weighted by molar-refractivity contribution is 0.721. The molecule has 2 rings (SSSR count). The Labute approximate surface area is 110 Å². The van der Waals surface area contributed by atoms with Crippen LogP contribution in [-0.2, 0) is 12.8 Å². The van der Waals surface area contributed by atoms with Gasteiger partial charge in [0.05, 0.1) is 0 Å². The van der Waals surface area contributed by atoms with Crippen molar-refractivity contribution in [2.24, 2.45) is 0 Å². The lowest BCUT2D eigenvalue weighted by atomic mass is 10.1. The molecule has 3 heteroatoms. The SMILES string of the molecule is Brc1ccc(CCCCc2ccncn2)cc1. The zero-order chi connectivity index (χ0) is 11.9. The van der Waals surface area contributed by atoms with Gasteiger partial charge in [0.15, 0.2) is 0 Å². The predicted molar refractivity (Wildman–Crippen MR) is 72.8 cm³/mol. The Morgan fingerprint density at radius 3 is 2.41 bits per heavy atom. The van der Waals surface area contributed by atoms with Crippen LogP contribution >= 0.6 is 15.9 Å². The number of aryl methyl sites for hydroxylation is 2. The van der Waals surface area contributed by atoms with Crippen molar-refractivity contribution in [2.45, 2.75) is 25.7 Å². The summed E-state index contributed by atoms with van der Waals surface area (Å²) in [5.41, 5.74) is 2.53. The van der Waals surface area contributed by atoms with E-state index < -0.39 is 0 Å². The first-order valence-corrected chi connectivity index (χ1v) is 6.63. The Morgan fingerprint density at radius 2 is 1.71 bits per heavy atom. The molecule has 2 nitrogen and oxygen atoms in total. The van der Waals surface area contributed by atoms with Gasteiger partial charge in [0.25, 0.3) is 0 Å². The van der Waals surface area contributed by atoms with E-state index in [1.165, 1.54) is 18.4 Å². The third-order valence-corrected chi connectivity index (χ3v) is 3.23. The summed E-state index contributed by atoms with van der Waals surface area (Å²) in [4.78, 5) is 8.13. The molecule has 0 spiro atoms. The second-order valence-electron chi connectivity index (χ2n) is 4.03. The number of unbranched alkanes of at least 4 members (excludes halogenated alkanes) is 1. The monoisotopic (exact) mass is 290 g/mol. The van der Waals surface area contributed by atoms with E-state index in [1.54, 1.807) is 12.5 Å². The standard InChI is InChI=1S/C14H15BrN2/c15-13-7-5-12(6-8-13)3-1-2-4-14-9-10-16-11-17-14/h5-11H,1-4H2. The van der Waals surface area contributed by atoms with Crippen LogP contribution in [0, 0.1) is 0 Å². The van der Waals surface area contributed by atoms with Gasteiger partial charge < -0.3 is 0 Å². The highest BCUT2D eigenvalue weighted by Crippen LogP contribution is 2.13. The molecule has 0 N–H and O–H groups in total. The number of nitrogens with zero attached hydrogens (tertiary/aromatic N) is 2. The van der Waals surface area contributed by atoms with E-state index in [0.717, 1.165) is 23.0 Å². The molecular weight excluding hydrogens is 276 g/mol. The van der Waals surface area contributed by atoms with Crippen LogP contribution < -0.4 is 0 Å². The first-order chi connectivity index (χ1) is 8.34. The molecule has 0 aliphatic heterocycles. The Bertz CT molecular complexity index is 440. The van der Waals surface area contributed by atoms with Crippen LogP contribution in [0.15, 0.2) is 47.3 Å². The molecule has 0 atom stereocenters. The van der Waals surface area contributed by atoms with Gasteiger partial charge in [-0.05, 0) is 49.4 Å². The van der Waals surface area contributed by atoms with Gasteiger partial charge in [0, 0.05) is 16.4 Å². The molecule has 0 saturated heterocycles. The fourth-order valence-electron chi connectivity index (χ4n) is 1.75. The van der Waals surface area contributed by atoms with Crippen molar-refractivity contribution in [2.75, 3.05) is 0 Å². The van der Waals surface area contributed by atoms with E-state index >= 15 is 0 Å². The molecule has 1 aromatic carbocycles. The minimum Gasteiger partial charge on any atom is -0.245 e. The fourth-order valence-corrected chi connectivity index (χ4v) is 2.02. The highest BCUT2D eigenvalue weighted by molar-refractivity contribution is 9.10. The first kappa shape index (κ1) is 12.2. The number of hydrogen-bond donors (Lipinski definition) is 0. The minimum atomic E-state index is 1.04. The molecule has 1 aromatic heterocycles. The molecule has 1 heterocycles. The lowest BCUT2D eigenvalue weighted by Crippen LogP contribution is -1.92. The minimum absolute atomic E-state index is 1.04. The van der Waals surface area contributed by atoms with Crippen molar-refractivity contribution in [3.63, 3.8) is 0 Å². The lowest BCUT2D eigenvalue weighted by Gasteiger charge is -2.02. The van der Waals surface area contributed by atoms with Crippen molar-refractivity contribution in [3.8, 4) is 0 Å². The Kier molecular flexibility index (Phi) is 4.68. The van der Waals surface area contributed by atoms with Crippen LogP contribution in [0.25, 0.3) is 0 Å². The molecule has 0 aliphatic carbocycles. The van der Waals surface area contributed by atoms with E-state index in [9.17, 15) is 0 Å². The summed E-state index contributed by atoms with van der Waals surface area (Å²) in [5.74, 6) is 0. The van der Waals surface area contributed by atoms with Crippen molar-refractivity contribution >= 4 is 15.9 Å². The summed E-state index contributed by atoms with van der Waals surface area (Å²) in [5, 5.41) is 0. The van der Waals surface area contributed by atoms with Gasteiger partial charge in [0.1, 0.15) is 6.33 Å². The molecule has 0 fully saturated rings. The Morgan fingerprint density at radius 1 is 0.941 bits per heavy atom. The number of aromatic nitrogens is 2. The molecule has 0 aliphatic rings. The van der Waals surface area contributed by atoms with E-state index in [-0.39, 0.29) is 0 Å². The van der Waals surface area contributed by atoms with E-state index in [2.05, 4.69) is 50.2 Å². The van der Waals surface area contributed by atoms with Gasteiger partial charge in [-0.1, -0.05) is 28.1 Å². The number of halogens is 1. The third kappa shape index (κ3) is 4.27. The van der Waals surface area contributed by atoms with E-state index in [4.69, 9.17) is 0 Å². The second kappa shape index (κ2) is 6.50. The third-order valence-electron chi connectivity index (χ3n) is 2.70. The quantitative estimate of drug-likeness (QED) is 0.783. The highest BCUT2D eigenvalue weighted by atomic mass is 79.9. The first-order valence-electron chi connectivity index (χ1n) is 5.84. The van der Waals surface area contributed by atoms with Gasteiger partial charge in [-0.15, -0.1) is 0 Å².